The lowest BCUT2D eigenvalue weighted by molar-refractivity contribution is -0.139. The van der Waals surface area contributed by atoms with Crippen molar-refractivity contribution in [3.8, 4) is 5.75 Å². The predicted octanol–water partition coefficient (Wildman–Crippen LogP) is 4.40. The molecule has 1 aliphatic carbocycles. The van der Waals surface area contributed by atoms with Crippen LogP contribution in [0, 0.1) is 5.92 Å². The highest BCUT2D eigenvalue weighted by Gasteiger charge is 2.27. The summed E-state index contributed by atoms with van der Waals surface area (Å²) in [7, 11) is 0. The Morgan fingerprint density at radius 3 is 2.58 bits per heavy atom. The molecule has 2 aromatic carbocycles. The molecule has 1 atom stereocenters. The quantitative estimate of drug-likeness (QED) is 0.617. The molecule has 1 heterocycles. The highest BCUT2D eigenvalue weighted by molar-refractivity contribution is 6.00. The molecule has 0 saturated carbocycles. The van der Waals surface area contributed by atoms with Crippen LogP contribution in [-0.2, 0) is 22.4 Å². The van der Waals surface area contributed by atoms with Gasteiger partial charge in [-0.1, -0.05) is 30.3 Å². The number of ether oxygens (including phenoxy) is 1. The van der Waals surface area contributed by atoms with Gasteiger partial charge in [-0.3, -0.25) is 14.7 Å². The lowest BCUT2D eigenvalue weighted by atomic mass is 9.81. The second kappa shape index (κ2) is 9.43. The smallest absolute Gasteiger partial charge is 0.341 e. The van der Waals surface area contributed by atoms with Crippen LogP contribution in [0.2, 0.25) is 0 Å². The summed E-state index contributed by atoms with van der Waals surface area (Å²) in [5, 5.41) is 8.89. The topological polar surface area (TPSA) is 79.7 Å². The Morgan fingerprint density at radius 1 is 1.03 bits per heavy atom. The summed E-state index contributed by atoms with van der Waals surface area (Å²) in [6.45, 7) is -0.352. The Bertz CT molecular complexity index is 1010. The van der Waals surface area contributed by atoms with Crippen LogP contribution in [0.25, 0.3) is 0 Å². The van der Waals surface area contributed by atoms with Gasteiger partial charge in [-0.25, -0.2) is 4.79 Å². The van der Waals surface area contributed by atoms with Gasteiger partial charge in [0.15, 0.2) is 6.61 Å². The summed E-state index contributed by atoms with van der Waals surface area (Å²) in [6, 6.07) is 19.1. The van der Waals surface area contributed by atoms with E-state index in [9.17, 15) is 9.59 Å². The van der Waals surface area contributed by atoms with Crippen molar-refractivity contribution < 1.29 is 19.4 Å². The van der Waals surface area contributed by atoms with Crippen LogP contribution in [0.1, 0.15) is 24.0 Å². The fourth-order valence-corrected chi connectivity index (χ4v) is 4.13. The van der Waals surface area contributed by atoms with Gasteiger partial charge >= 0.3 is 5.97 Å². The van der Waals surface area contributed by atoms with E-state index in [1.54, 1.807) is 17.3 Å². The second-order valence-corrected chi connectivity index (χ2v) is 7.67. The summed E-state index contributed by atoms with van der Waals surface area (Å²) >= 11 is 0. The molecule has 1 N–H and O–H groups in total. The molecule has 0 saturated heterocycles. The van der Waals surface area contributed by atoms with Gasteiger partial charge in [0.1, 0.15) is 5.75 Å². The highest BCUT2D eigenvalue weighted by atomic mass is 16.5. The lowest BCUT2D eigenvalue weighted by Crippen LogP contribution is -2.29. The SMILES string of the molecule is O=C(O)COc1cccc2c1CCC(CC(=O)N(c1ccccc1)c1cccnc1)C2. The van der Waals surface area contributed by atoms with Crippen LogP contribution < -0.4 is 9.64 Å². The van der Waals surface area contributed by atoms with E-state index in [0.29, 0.717) is 12.2 Å². The maximum absolute atomic E-state index is 13.4. The van der Waals surface area contributed by atoms with Crippen molar-refractivity contribution in [2.75, 3.05) is 11.5 Å². The first-order valence-corrected chi connectivity index (χ1v) is 10.3. The van der Waals surface area contributed by atoms with E-state index in [1.165, 1.54) is 0 Å². The van der Waals surface area contributed by atoms with Gasteiger partial charge in [0.05, 0.1) is 11.9 Å². The van der Waals surface area contributed by atoms with E-state index in [-0.39, 0.29) is 18.4 Å². The minimum absolute atomic E-state index is 0.0333. The fourth-order valence-electron chi connectivity index (χ4n) is 4.13. The molecule has 0 fully saturated rings. The van der Waals surface area contributed by atoms with Crippen molar-refractivity contribution in [1.29, 1.82) is 0 Å². The summed E-state index contributed by atoms with van der Waals surface area (Å²) in [5.74, 6) is -0.122. The number of aliphatic carboxylic acids is 1. The summed E-state index contributed by atoms with van der Waals surface area (Å²) in [6.07, 6.45) is 6.19. The Kier molecular flexibility index (Phi) is 6.26. The third kappa shape index (κ3) is 4.91. The molecule has 0 spiro atoms. The number of pyridine rings is 1. The molecule has 0 radical (unpaired) electrons. The number of carboxylic acid groups (broad SMARTS) is 1. The zero-order chi connectivity index (χ0) is 21.6. The van der Waals surface area contributed by atoms with Gasteiger partial charge in [-0.2, -0.15) is 0 Å². The number of carbonyl (C=O) groups excluding carboxylic acids is 1. The molecule has 6 heteroatoms. The van der Waals surface area contributed by atoms with Gasteiger partial charge in [0.2, 0.25) is 5.91 Å². The third-order valence-electron chi connectivity index (χ3n) is 5.52. The largest absolute Gasteiger partial charge is 0.482 e. The Balaban J connectivity index is 1.51. The number of anilines is 2. The maximum Gasteiger partial charge on any atom is 0.341 e. The first kappa shape index (κ1) is 20.6. The van der Waals surface area contributed by atoms with Crippen LogP contribution in [0.5, 0.6) is 5.75 Å². The van der Waals surface area contributed by atoms with Crippen molar-refractivity contribution >= 4 is 23.3 Å². The van der Waals surface area contributed by atoms with Crippen molar-refractivity contribution in [2.45, 2.75) is 25.7 Å². The molecule has 1 unspecified atom stereocenters. The average Bonchev–Trinajstić information content (AvgIpc) is 2.79. The molecule has 1 aromatic heterocycles. The number of rotatable bonds is 7. The maximum atomic E-state index is 13.4. The Labute approximate surface area is 181 Å². The van der Waals surface area contributed by atoms with E-state index >= 15 is 0 Å². The van der Waals surface area contributed by atoms with Crippen molar-refractivity contribution in [3.05, 3.63) is 84.2 Å². The number of benzene rings is 2. The molecule has 6 nitrogen and oxygen atoms in total. The fraction of sp³-hybridized carbons (Fsp3) is 0.240. The highest BCUT2D eigenvalue weighted by Crippen LogP contribution is 2.35. The molecule has 158 valence electrons. The van der Waals surface area contributed by atoms with E-state index in [1.807, 2.05) is 60.7 Å². The molecule has 31 heavy (non-hydrogen) atoms. The normalized spacial score (nSPS) is 15.0. The molecular formula is C25H24N2O4. The first-order chi connectivity index (χ1) is 15.1. The monoisotopic (exact) mass is 416 g/mol. The standard InChI is InChI=1S/C25H24N2O4/c28-24(27(20-7-2-1-3-8-20)21-9-5-13-26-16-21)15-18-11-12-22-19(14-18)6-4-10-23(22)31-17-25(29)30/h1-10,13,16,18H,11-12,14-15,17H2,(H,29,30). The number of carbonyl (C=O) groups is 2. The van der Waals surface area contributed by atoms with Gasteiger partial charge in [0, 0.05) is 18.3 Å². The Morgan fingerprint density at radius 2 is 1.84 bits per heavy atom. The van der Waals surface area contributed by atoms with Gasteiger partial charge < -0.3 is 9.84 Å². The van der Waals surface area contributed by atoms with Crippen LogP contribution in [0.15, 0.2) is 73.1 Å². The number of nitrogens with zero attached hydrogens (tertiary/aromatic N) is 2. The van der Waals surface area contributed by atoms with Crippen molar-refractivity contribution in [2.24, 2.45) is 5.92 Å². The van der Waals surface area contributed by atoms with Crippen LogP contribution in [0.3, 0.4) is 0 Å². The third-order valence-corrected chi connectivity index (χ3v) is 5.52. The number of hydrogen-bond acceptors (Lipinski definition) is 4. The number of aromatic nitrogens is 1. The lowest BCUT2D eigenvalue weighted by Gasteiger charge is -2.29. The van der Waals surface area contributed by atoms with Crippen LogP contribution in [0.4, 0.5) is 11.4 Å². The molecule has 4 rings (SSSR count). The Hall–Kier alpha value is -3.67. The minimum Gasteiger partial charge on any atom is -0.482 e. The van der Waals surface area contributed by atoms with E-state index in [0.717, 1.165) is 41.8 Å². The molecule has 3 aromatic rings. The van der Waals surface area contributed by atoms with Crippen LogP contribution >= 0.6 is 0 Å². The zero-order valence-corrected chi connectivity index (χ0v) is 17.1. The van der Waals surface area contributed by atoms with Crippen LogP contribution in [-0.4, -0.2) is 28.6 Å². The number of amides is 1. The van der Waals surface area contributed by atoms with E-state index in [4.69, 9.17) is 9.84 Å². The molecule has 0 aliphatic heterocycles. The van der Waals surface area contributed by atoms with Gasteiger partial charge in [0.25, 0.3) is 0 Å². The van der Waals surface area contributed by atoms with Gasteiger partial charge in [-0.15, -0.1) is 0 Å². The number of carboxylic acids is 1. The minimum atomic E-state index is -0.992. The van der Waals surface area contributed by atoms with Gasteiger partial charge in [-0.05, 0) is 66.6 Å². The summed E-state index contributed by atoms with van der Waals surface area (Å²) in [4.78, 5) is 30.1. The van der Waals surface area contributed by atoms with Crippen molar-refractivity contribution in [1.82, 2.24) is 4.98 Å². The number of fused-ring (bicyclic) bond motifs is 1. The first-order valence-electron chi connectivity index (χ1n) is 10.3. The molecule has 0 bridgehead atoms. The van der Waals surface area contributed by atoms with Crippen molar-refractivity contribution in [3.63, 3.8) is 0 Å². The predicted molar refractivity (Wildman–Crippen MR) is 118 cm³/mol. The molecular weight excluding hydrogens is 392 g/mol. The van der Waals surface area contributed by atoms with E-state index < -0.39 is 5.97 Å². The second-order valence-electron chi connectivity index (χ2n) is 7.67. The van der Waals surface area contributed by atoms with E-state index in [2.05, 4.69) is 4.98 Å². The summed E-state index contributed by atoms with van der Waals surface area (Å²) < 4.78 is 5.45. The molecule has 1 aliphatic rings. The number of para-hydroxylation sites is 1. The zero-order valence-electron chi connectivity index (χ0n) is 17.1. The average molecular weight is 416 g/mol. The number of hydrogen-bond donors (Lipinski definition) is 1. The molecule has 1 amide bonds. The summed E-state index contributed by atoms with van der Waals surface area (Å²) in [5.41, 5.74) is 3.75.